The van der Waals surface area contributed by atoms with Gasteiger partial charge in [0.25, 0.3) is 0 Å². The van der Waals surface area contributed by atoms with Crippen molar-refractivity contribution in [1.82, 2.24) is 0 Å². The number of hydrogen-bond donors (Lipinski definition) is 0. The van der Waals surface area contributed by atoms with Crippen molar-refractivity contribution in [3.05, 3.63) is 130 Å². The molecule has 4 aromatic rings. The summed E-state index contributed by atoms with van der Waals surface area (Å²) in [5.74, 6) is 0. The normalized spacial score (nSPS) is 10.0. The van der Waals surface area contributed by atoms with Gasteiger partial charge in [0.1, 0.15) is 0 Å². The van der Waals surface area contributed by atoms with E-state index in [1.165, 1.54) is 21.5 Å². The molecule has 0 aliphatic rings. The molecule has 0 unspecified atom stereocenters. The zero-order valence-corrected chi connectivity index (χ0v) is 22.2. The van der Waals surface area contributed by atoms with Crippen LogP contribution in [0.15, 0.2) is 109 Å². The molecule has 0 aliphatic carbocycles. The van der Waals surface area contributed by atoms with Gasteiger partial charge in [0.2, 0.25) is 0 Å². The van der Waals surface area contributed by atoms with Crippen LogP contribution in [0.3, 0.4) is 0 Å². The zero-order chi connectivity index (χ0) is 20.9. The van der Waals surface area contributed by atoms with E-state index in [0.29, 0.717) is 0 Å². The maximum atomic E-state index is 5.57. The first kappa shape index (κ1) is 32.2. The van der Waals surface area contributed by atoms with Crippen LogP contribution in [0.1, 0.15) is 32.4 Å². The first-order valence-corrected chi connectivity index (χ1v) is 11.5. The molecule has 0 N–H and O–H groups in total. The monoisotopic (exact) mass is 488 g/mol. The van der Waals surface area contributed by atoms with Gasteiger partial charge in [0.05, 0.1) is 0 Å². The largest absolute Gasteiger partial charge is 2.00 e. The molecule has 0 saturated carbocycles. The van der Waals surface area contributed by atoms with Gasteiger partial charge in [0.15, 0.2) is 0 Å². The molecule has 0 heterocycles. The van der Waals surface area contributed by atoms with E-state index in [1.807, 2.05) is 44.2 Å². The fourth-order valence-electron chi connectivity index (χ4n) is 3.00. The molecule has 0 fully saturated rings. The van der Waals surface area contributed by atoms with Crippen molar-refractivity contribution in [3.8, 4) is 0 Å². The molecule has 0 aromatic heterocycles. The summed E-state index contributed by atoms with van der Waals surface area (Å²) < 4.78 is 5.57. The summed E-state index contributed by atoms with van der Waals surface area (Å²) in [5.41, 5.74) is 1.29. The van der Waals surface area contributed by atoms with Gasteiger partial charge in [-0.25, -0.2) is 24.3 Å². The number of hydrogen-bond acceptors (Lipinski definition) is 1. The van der Waals surface area contributed by atoms with Crippen LogP contribution in [0, 0.1) is 14.9 Å². The van der Waals surface area contributed by atoms with Crippen molar-refractivity contribution in [2.75, 3.05) is 7.11 Å². The molecule has 4 rings (SSSR count). The third kappa shape index (κ3) is 9.27. The van der Waals surface area contributed by atoms with Crippen molar-refractivity contribution in [2.24, 2.45) is 0 Å². The van der Waals surface area contributed by atoms with Gasteiger partial charge in [-0.15, -0.1) is 10.9 Å². The summed E-state index contributed by atoms with van der Waals surface area (Å²) in [7, 11) is 1.22. The van der Waals surface area contributed by atoms with Crippen molar-refractivity contribution in [1.29, 1.82) is 0 Å². The summed E-state index contributed by atoms with van der Waals surface area (Å²) in [6.07, 6.45) is 0.113. The zero-order valence-electron chi connectivity index (χ0n) is 20.2. The van der Waals surface area contributed by atoms with E-state index in [2.05, 4.69) is 85.8 Å². The third-order valence-corrected chi connectivity index (χ3v) is 6.96. The fraction of sp³-hybridized carbons (Fsp3) is 0.172. The van der Waals surface area contributed by atoms with Crippen molar-refractivity contribution in [2.45, 2.75) is 26.9 Å². The second-order valence-corrected chi connectivity index (χ2v) is 8.40. The average Bonchev–Trinajstić information content (AvgIpc) is 3.52. The van der Waals surface area contributed by atoms with Gasteiger partial charge in [0, 0.05) is 13.2 Å². The molecule has 1 nitrogen and oxygen atoms in total. The van der Waals surface area contributed by atoms with Crippen molar-refractivity contribution < 1.29 is 21.8 Å². The van der Waals surface area contributed by atoms with Gasteiger partial charge in [-0.05, 0) is 25.5 Å². The molecule has 3 heteroatoms. The van der Waals surface area contributed by atoms with E-state index >= 15 is 0 Å². The predicted octanol–water partition coefficient (Wildman–Crippen LogP) is 7.20. The molecule has 0 aliphatic heterocycles. The molecule has 0 radical (unpaired) electrons. The fourth-order valence-corrected chi connectivity index (χ4v) is 5.55. The molecule has 0 amide bonds. The third-order valence-electron chi connectivity index (χ3n) is 4.44. The summed E-state index contributed by atoms with van der Waals surface area (Å²) in [4.78, 5) is 0. The first-order valence-electron chi connectivity index (χ1n) is 10.2. The van der Waals surface area contributed by atoms with Crippen LogP contribution in [0.25, 0.3) is 0 Å². The van der Waals surface area contributed by atoms with Gasteiger partial charge < -0.3 is 19.6 Å². The Bertz CT molecular complexity index is 829. The maximum Gasteiger partial charge on any atom is 2.00 e. The second-order valence-electron chi connectivity index (χ2n) is 6.21. The standard InChI is InChI=1S/C20H20OP.C5H5.C2H6.2CH3.Fe/c1-16(21-2)19-14-9-15-20(19)22(17-10-5-3-6-11-17)18-12-7-4-8-13-18;1-2-4-5-3-1;1-2;;;/h3-16H,1-2H3;1-5H;1-2H3;2*1H3;/q2*-1;;2*-1;+2/t16-;;;;;/m1...../s1. The first-order chi connectivity index (χ1) is 14.3. The number of ether oxygens (including phenoxy) is 1. The van der Waals surface area contributed by atoms with Crippen LogP contribution in [0.5, 0.6) is 0 Å². The predicted molar refractivity (Wildman–Crippen MR) is 142 cm³/mol. The Morgan fingerprint density at radius 3 is 1.59 bits per heavy atom. The minimum absolute atomic E-state index is 0. The number of benzene rings is 2. The second kappa shape index (κ2) is 18.6. The molecule has 1 atom stereocenters. The van der Waals surface area contributed by atoms with E-state index < -0.39 is 7.92 Å². The molecule has 4 aromatic carbocycles. The SMILES string of the molecule is CC.CO[C@H](C)[c-]1cccc1P(c1ccccc1)c1ccccc1.[CH3-].[CH3-].[Fe+2].c1cc[cH-]c1. The molecule has 0 spiro atoms. The van der Waals surface area contributed by atoms with Crippen molar-refractivity contribution >= 4 is 23.8 Å². The quantitative estimate of drug-likeness (QED) is 0.164. The van der Waals surface area contributed by atoms with Gasteiger partial charge in [-0.2, -0.15) is 24.3 Å². The Labute approximate surface area is 208 Å². The minimum Gasteiger partial charge on any atom is -0.389 e. The van der Waals surface area contributed by atoms with Crippen LogP contribution in [-0.4, -0.2) is 7.11 Å². The van der Waals surface area contributed by atoms with Gasteiger partial charge in [-0.3, -0.25) is 0 Å². The molecular weight excluding hydrogens is 451 g/mol. The molecule has 174 valence electrons. The Morgan fingerprint density at radius 2 is 1.22 bits per heavy atom. The average molecular weight is 488 g/mol. The Morgan fingerprint density at radius 1 is 0.750 bits per heavy atom. The van der Waals surface area contributed by atoms with Crippen molar-refractivity contribution in [3.63, 3.8) is 0 Å². The van der Waals surface area contributed by atoms with E-state index in [0.717, 1.165) is 0 Å². The van der Waals surface area contributed by atoms with E-state index in [1.54, 1.807) is 7.11 Å². The Hall–Kier alpha value is -1.95. The summed E-state index contributed by atoms with van der Waals surface area (Å²) in [6.45, 7) is 6.11. The van der Waals surface area contributed by atoms with E-state index in [-0.39, 0.29) is 38.0 Å². The summed E-state index contributed by atoms with van der Waals surface area (Å²) in [5, 5.41) is 4.14. The van der Waals surface area contributed by atoms with Crippen LogP contribution >= 0.6 is 7.92 Å². The van der Waals surface area contributed by atoms with E-state index in [9.17, 15) is 0 Å². The Kier molecular flexibility index (Phi) is 18.7. The van der Waals surface area contributed by atoms with Gasteiger partial charge >= 0.3 is 17.1 Å². The summed E-state index contributed by atoms with van der Waals surface area (Å²) in [6, 6.07) is 38.1. The smallest absolute Gasteiger partial charge is 0.389 e. The molecular formula is C29H37FeOP-2. The van der Waals surface area contributed by atoms with Gasteiger partial charge in [-0.1, -0.05) is 74.5 Å². The molecule has 32 heavy (non-hydrogen) atoms. The number of methoxy groups -OCH3 is 1. The topological polar surface area (TPSA) is 9.23 Å². The molecule has 0 bridgehead atoms. The van der Waals surface area contributed by atoms with Crippen LogP contribution in [-0.2, 0) is 21.8 Å². The number of rotatable bonds is 5. The minimum atomic E-state index is -0.548. The van der Waals surface area contributed by atoms with Crippen LogP contribution < -0.4 is 15.9 Å². The van der Waals surface area contributed by atoms with Crippen LogP contribution in [0.4, 0.5) is 0 Å². The maximum absolute atomic E-state index is 5.57. The van der Waals surface area contributed by atoms with E-state index in [4.69, 9.17) is 4.74 Å². The summed E-state index contributed by atoms with van der Waals surface area (Å²) >= 11 is 0. The Balaban J connectivity index is 0. The van der Waals surface area contributed by atoms with Crippen LogP contribution in [0.2, 0.25) is 0 Å². The molecule has 0 saturated heterocycles.